The standard InChI is InChI=1S/C16H28N4O2/c1-17-16(19-8-11-20-9-2-3-10-20)18-7-4-12-22-15-5-13-21-14-6-15/h2-3,9-10,15H,4-8,11-14H2,1H3,(H2,17,18,19). The van der Waals surface area contributed by atoms with Crippen molar-refractivity contribution in [3.05, 3.63) is 24.5 Å². The molecule has 0 bridgehead atoms. The number of guanidine groups is 1. The van der Waals surface area contributed by atoms with Crippen molar-refractivity contribution in [1.82, 2.24) is 15.2 Å². The van der Waals surface area contributed by atoms with Gasteiger partial charge in [0.05, 0.1) is 6.10 Å². The molecule has 0 saturated carbocycles. The molecule has 6 heteroatoms. The SMILES string of the molecule is CN=C(NCCCOC1CCOCC1)NCCn1cccc1. The maximum absolute atomic E-state index is 5.84. The molecule has 0 aromatic carbocycles. The number of nitrogens with zero attached hydrogens (tertiary/aromatic N) is 2. The summed E-state index contributed by atoms with van der Waals surface area (Å²) in [6.45, 7) is 5.11. The molecular formula is C16H28N4O2. The van der Waals surface area contributed by atoms with Crippen molar-refractivity contribution in [2.75, 3.05) is 40.0 Å². The van der Waals surface area contributed by atoms with Crippen LogP contribution in [0.15, 0.2) is 29.5 Å². The molecule has 6 nitrogen and oxygen atoms in total. The van der Waals surface area contributed by atoms with E-state index in [0.717, 1.165) is 64.7 Å². The van der Waals surface area contributed by atoms with Gasteiger partial charge in [-0.25, -0.2) is 0 Å². The summed E-state index contributed by atoms with van der Waals surface area (Å²) >= 11 is 0. The molecule has 2 N–H and O–H groups in total. The minimum absolute atomic E-state index is 0.382. The van der Waals surface area contributed by atoms with E-state index >= 15 is 0 Å². The molecule has 1 aromatic rings. The van der Waals surface area contributed by atoms with E-state index in [1.807, 2.05) is 12.1 Å². The Morgan fingerprint density at radius 2 is 1.95 bits per heavy atom. The Hall–Kier alpha value is -1.53. The summed E-state index contributed by atoms with van der Waals surface area (Å²) in [5, 5.41) is 6.62. The van der Waals surface area contributed by atoms with E-state index in [1.54, 1.807) is 7.05 Å². The molecule has 22 heavy (non-hydrogen) atoms. The van der Waals surface area contributed by atoms with Crippen LogP contribution in [0, 0.1) is 0 Å². The Morgan fingerprint density at radius 1 is 1.23 bits per heavy atom. The smallest absolute Gasteiger partial charge is 0.191 e. The number of hydrogen-bond donors (Lipinski definition) is 2. The van der Waals surface area contributed by atoms with Gasteiger partial charge in [-0.05, 0) is 31.4 Å². The van der Waals surface area contributed by atoms with Gasteiger partial charge in [-0.15, -0.1) is 0 Å². The predicted molar refractivity (Wildman–Crippen MR) is 88.2 cm³/mol. The van der Waals surface area contributed by atoms with Crippen LogP contribution in [-0.2, 0) is 16.0 Å². The first-order valence-corrected chi connectivity index (χ1v) is 8.13. The lowest BCUT2D eigenvalue weighted by molar-refractivity contribution is -0.0320. The van der Waals surface area contributed by atoms with Crippen molar-refractivity contribution in [2.24, 2.45) is 4.99 Å². The second kappa shape index (κ2) is 10.2. The van der Waals surface area contributed by atoms with Gasteiger partial charge in [-0.1, -0.05) is 0 Å². The Labute approximate surface area is 132 Å². The molecule has 0 amide bonds. The zero-order valence-corrected chi connectivity index (χ0v) is 13.5. The summed E-state index contributed by atoms with van der Waals surface area (Å²) < 4.78 is 13.3. The van der Waals surface area contributed by atoms with Crippen molar-refractivity contribution in [1.29, 1.82) is 0 Å². The summed E-state index contributed by atoms with van der Waals surface area (Å²) in [6, 6.07) is 4.07. The molecule has 0 aliphatic carbocycles. The van der Waals surface area contributed by atoms with Gasteiger partial charge in [0.15, 0.2) is 5.96 Å². The molecule has 1 saturated heterocycles. The van der Waals surface area contributed by atoms with E-state index < -0.39 is 0 Å². The summed E-state index contributed by atoms with van der Waals surface area (Å²) in [7, 11) is 1.80. The maximum atomic E-state index is 5.84. The number of aromatic nitrogens is 1. The highest BCUT2D eigenvalue weighted by atomic mass is 16.5. The van der Waals surface area contributed by atoms with Gasteiger partial charge >= 0.3 is 0 Å². The van der Waals surface area contributed by atoms with E-state index in [-0.39, 0.29) is 0 Å². The highest BCUT2D eigenvalue weighted by Gasteiger charge is 2.13. The van der Waals surface area contributed by atoms with Gasteiger partial charge in [0, 0.05) is 58.9 Å². The zero-order chi connectivity index (χ0) is 15.5. The highest BCUT2D eigenvalue weighted by Crippen LogP contribution is 2.10. The van der Waals surface area contributed by atoms with Crippen molar-refractivity contribution in [2.45, 2.75) is 31.9 Å². The van der Waals surface area contributed by atoms with Crippen molar-refractivity contribution < 1.29 is 9.47 Å². The first-order valence-electron chi connectivity index (χ1n) is 8.13. The van der Waals surface area contributed by atoms with Crippen LogP contribution in [0.1, 0.15) is 19.3 Å². The van der Waals surface area contributed by atoms with Crippen LogP contribution in [0.5, 0.6) is 0 Å². The van der Waals surface area contributed by atoms with Gasteiger partial charge in [0.1, 0.15) is 0 Å². The summed E-state index contributed by atoms with van der Waals surface area (Å²) in [5.74, 6) is 0.846. The minimum Gasteiger partial charge on any atom is -0.381 e. The lowest BCUT2D eigenvalue weighted by atomic mass is 10.1. The Morgan fingerprint density at radius 3 is 2.68 bits per heavy atom. The van der Waals surface area contributed by atoms with E-state index in [0.29, 0.717) is 6.10 Å². The third-order valence-electron chi connectivity index (χ3n) is 3.69. The van der Waals surface area contributed by atoms with Gasteiger partial charge in [-0.3, -0.25) is 4.99 Å². The fourth-order valence-electron chi connectivity index (χ4n) is 2.41. The van der Waals surface area contributed by atoms with E-state index in [1.165, 1.54) is 0 Å². The summed E-state index contributed by atoms with van der Waals surface area (Å²) in [6.07, 6.45) is 7.53. The molecule has 0 radical (unpaired) electrons. The number of aliphatic imine (C=N–C) groups is 1. The molecule has 2 rings (SSSR count). The van der Waals surface area contributed by atoms with Gasteiger partial charge < -0.3 is 24.7 Å². The van der Waals surface area contributed by atoms with Crippen LogP contribution < -0.4 is 10.6 Å². The predicted octanol–water partition coefficient (Wildman–Crippen LogP) is 1.24. The van der Waals surface area contributed by atoms with Crippen LogP contribution in [0.2, 0.25) is 0 Å². The van der Waals surface area contributed by atoms with Crippen LogP contribution in [0.25, 0.3) is 0 Å². The molecular weight excluding hydrogens is 280 g/mol. The number of rotatable bonds is 8. The number of nitrogens with one attached hydrogen (secondary N) is 2. The number of ether oxygens (including phenoxy) is 2. The zero-order valence-electron chi connectivity index (χ0n) is 13.5. The molecule has 124 valence electrons. The third kappa shape index (κ3) is 6.49. The van der Waals surface area contributed by atoms with Gasteiger partial charge in [0.2, 0.25) is 0 Å². The summed E-state index contributed by atoms with van der Waals surface area (Å²) in [5.41, 5.74) is 0. The van der Waals surface area contributed by atoms with E-state index in [4.69, 9.17) is 9.47 Å². The first kappa shape index (κ1) is 16.8. The Kier molecular flexibility index (Phi) is 7.83. The normalized spacial score (nSPS) is 16.7. The van der Waals surface area contributed by atoms with Crippen molar-refractivity contribution >= 4 is 5.96 Å². The first-order chi connectivity index (χ1) is 10.9. The monoisotopic (exact) mass is 308 g/mol. The van der Waals surface area contributed by atoms with Crippen LogP contribution in [-0.4, -0.2) is 56.6 Å². The fourth-order valence-corrected chi connectivity index (χ4v) is 2.41. The second-order valence-corrected chi connectivity index (χ2v) is 5.38. The molecule has 1 aromatic heterocycles. The average molecular weight is 308 g/mol. The van der Waals surface area contributed by atoms with Gasteiger partial charge in [0.25, 0.3) is 0 Å². The molecule has 1 aliphatic heterocycles. The Balaban J connectivity index is 1.48. The van der Waals surface area contributed by atoms with E-state index in [9.17, 15) is 0 Å². The largest absolute Gasteiger partial charge is 0.381 e. The van der Waals surface area contributed by atoms with Crippen LogP contribution >= 0.6 is 0 Å². The quantitative estimate of drug-likeness (QED) is 0.431. The second-order valence-electron chi connectivity index (χ2n) is 5.38. The number of hydrogen-bond acceptors (Lipinski definition) is 3. The third-order valence-corrected chi connectivity index (χ3v) is 3.69. The average Bonchev–Trinajstić information content (AvgIpc) is 3.07. The maximum Gasteiger partial charge on any atom is 0.191 e. The topological polar surface area (TPSA) is 59.8 Å². The Bertz CT molecular complexity index is 414. The molecule has 0 unspecified atom stereocenters. The molecule has 2 heterocycles. The van der Waals surface area contributed by atoms with Crippen LogP contribution in [0.4, 0.5) is 0 Å². The van der Waals surface area contributed by atoms with E-state index in [2.05, 4.69) is 32.6 Å². The molecule has 0 spiro atoms. The molecule has 0 atom stereocenters. The molecule has 1 aliphatic rings. The fraction of sp³-hybridized carbons (Fsp3) is 0.688. The summed E-state index contributed by atoms with van der Waals surface area (Å²) in [4.78, 5) is 4.22. The lowest BCUT2D eigenvalue weighted by Crippen LogP contribution is -2.39. The lowest BCUT2D eigenvalue weighted by Gasteiger charge is -2.22. The van der Waals surface area contributed by atoms with Crippen molar-refractivity contribution in [3.8, 4) is 0 Å². The molecule has 1 fully saturated rings. The van der Waals surface area contributed by atoms with Crippen molar-refractivity contribution in [3.63, 3.8) is 0 Å². The van der Waals surface area contributed by atoms with Gasteiger partial charge in [-0.2, -0.15) is 0 Å². The highest BCUT2D eigenvalue weighted by molar-refractivity contribution is 5.79. The minimum atomic E-state index is 0.382. The van der Waals surface area contributed by atoms with Crippen LogP contribution in [0.3, 0.4) is 0 Å².